The molecule has 4 aromatic carbocycles. The molecule has 230 valence electrons. The van der Waals surface area contributed by atoms with Crippen LogP contribution >= 0.6 is 0 Å². The van der Waals surface area contributed by atoms with Crippen LogP contribution in [0.2, 0.25) is 0 Å². The van der Waals surface area contributed by atoms with Crippen LogP contribution < -0.4 is 9.47 Å². The van der Waals surface area contributed by atoms with Gasteiger partial charge in [-0.3, -0.25) is 9.59 Å². The molecule has 8 heteroatoms. The average Bonchev–Trinajstić information content (AvgIpc) is 3.02. The van der Waals surface area contributed by atoms with Crippen molar-refractivity contribution in [3.8, 4) is 23.0 Å². The van der Waals surface area contributed by atoms with E-state index in [9.17, 15) is 14.7 Å². The lowest BCUT2D eigenvalue weighted by Crippen LogP contribution is -2.40. The van der Waals surface area contributed by atoms with Crippen molar-refractivity contribution in [1.29, 1.82) is 0 Å². The van der Waals surface area contributed by atoms with E-state index in [2.05, 4.69) is 0 Å². The number of benzene rings is 4. The minimum atomic E-state index is -1.77. The lowest BCUT2D eigenvalue weighted by Gasteiger charge is -2.35. The largest absolute Gasteiger partial charge is 0.466 e. The maximum absolute atomic E-state index is 12.7. The van der Waals surface area contributed by atoms with Crippen LogP contribution in [0.1, 0.15) is 44.7 Å². The molecule has 2 unspecified atom stereocenters. The first-order chi connectivity index (χ1) is 21.2. The molecule has 4 rings (SSSR count). The molecule has 0 aromatic heterocycles. The van der Waals surface area contributed by atoms with Gasteiger partial charge in [0, 0.05) is 0 Å². The second-order valence-corrected chi connectivity index (χ2v) is 10.4. The fraction of sp³-hybridized carbons (Fsp3) is 0.278. The first-order valence-corrected chi connectivity index (χ1v) is 14.6. The van der Waals surface area contributed by atoms with E-state index in [-0.39, 0.29) is 32.7 Å². The minimum absolute atomic E-state index is 0.126. The number of aliphatic hydroxyl groups is 1. The van der Waals surface area contributed by atoms with Gasteiger partial charge in [0.2, 0.25) is 0 Å². The van der Waals surface area contributed by atoms with Crippen LogP contribution in [0.25, 0.3) is 0 Å². The van der Waals surface area contributed by atoms with Crippen molar-refractivity contribution in [3.05, 3.63) is 120 Å². The highest BCUT2D eigenvalue weighted by atomic mass is 16.5. The summed E-state index contributed by atoms with van der Waals surface area (Å²) in [5, 5.41) is 11.9. The van der Waals surface area contributed by atoms with Crippen LogP contribution in [0.15, 0.2) is 109 Å². The Kier molecular flexibility index (Phi) is 11.1. The van der Waals surface area contributed by atoms with E-state index >= 15 is 0 Å². The predicted molar refractivity (Wildman–Crippen MR) is 166 cm³/mol. The maximum Gasteiger partial charge on any atom is 0.309 e. The van der Waals surface area contributed by atoms with E-state index in [1.54, 1.807) is 69.3 Å². The number of hydrogen-bond donors (Lipinski definition) is 1. The zero-order valence-electron chi connectivity index (χ0n) is 25.2. The molecule has 0 saturated carbocycles. The fourth-order valence-electron chi connectivity index (χ4n) is 4.65. The third-order valence-corrected chi connectivity index (χ3v) is 6.97. The summed E-state index contributed by atoms with van der Waals surface area (Å²) in [5.41, 5.74) is -1.90. The summed E-state index contributed by atoms with van der Waals surface area (Å²) in [6.45, 7) is 5.24. The van der Waals surface area contributed by atoms with Crippen LogP contribution in [0.4, 0.5) is 0 Å². The number of rotatable bonds is 15. The lowest BCUT2D eigenvalue weighted by molar-refractivity contribution is -0.168. The van der Waals surface area contributed by atoms with Crippen LogP contribution in [-0.2, 0) is 35.0 Å². The molecule has 1 N–H and O–H groups in total. The molecule has 0 radical (unpaired) electrons. The molecule has 2 atom stereocenters. The smallest absolute Gasteiger partial charge is 0.309 e. The summed E-state index contributed by atoms with van der Waals surface area (Å²) < 4.78 is 28.6. The topological polar surface area (TPSA) is 101 Å². The third kappa shape index (κ3) is 8.92. The Balaban J connectivity index is 1.59. The Bertz CT molecular complexity index is 1360. The van der Waals surface area contributed by atoms with Gasteiger partial charge in [-0.1, -0.05) is 60.7 Å². The number of carbonyl (C=O) groups is 2. The molecule has 0 bridgehead atoms. The highest BCUT2D eigenvalue weighted by molar-refractivity contribution is 5.72. The van der Waals surface area contributed by atoms with Gasteiger partial charge in [0.25, 0.3) is 0 Å². The first-order valence-electron chi connectivity index (χ1n) is 14.6. The van der Waals surface area contributed by atoms with Crippen molar-refractivity contribution < 1.29 is 38.4 Å². The molecule has 0 heterocycles. The normalized spacial score (nSPS) is 13.6. The zero-order chi connectivity index (χ0) is 31.4. The van der Waals surface area contributed by atoms with Gasteiger partial charge in [-0.2, -0.15) is 0 Å². The van der Waals surface area contributed by atoms with Gasteiger partial charge in [-0.25, -0.2) is 0 Å². The van der Waals surface area contributed by atoms with Gasteiger partial charge in [0.1, 0.15) is 34.2 Å². The van der Waals surface area contributed by atoms with E-state index < -0.39 is 23.1 Å². The Morgan fingerprint density at radius 2 is 1.00 bits per heavy atom. The van der Waals surface area contributed by atoms with Gasteiger partial charge in [0.05, 0.1) is 32.7 Å². The second kappa shape index (κ2) is 15.2. The van der Waals surface area contributed by atoms with Crippen LogP contribution in [0, 0.1) is 0 Å². The summed E-state index contributed by atoms with van der Waals surface area (Å²) >= 11 is 0. The molecule has 0 aliphatic carbocycles. The monoisotopic (exact) mass is 598 g/mol. The van der Waals surface area contributed by atoms with Crippen molar-refractivity contribution in [2.45, 2.75) is 44.8 Å². The van der Waals surface area contributed by atoms with Crippen LogP contribution in [-0.4, -0.2) is 36.9 Å². The molecule has 8 nitrogen and oxygen atoms in total. The Morgan fingerprint density at radius 3 is 1.45 bits per heavy atom. The van der Waals surface area contributed by atoms with Crippen LogP contribution in [0.5, 0.6) is 23.0 Å². The zero-order valence-corrected chi connectivity index (χ0v) is 25.2. The van der Waals surface area contributed by atoms with Crippen molar-refractivity contribution in [2.24, 2.45) is 0 Å². The molecule has 0 aliphatic heterocycles. The van der Waals surface area contributed by atoms with E-state index in [0.717, 1.165) is 0 Å². The average molecular weight is 599 g/mol. The Labute approximate surface area is 258 Å². The lowest BCUT2D eigenvalue weighted by atomic mass is 9.89. The van der Waals surface area contributed by atoms with E-state index in [1.807, 2.05) is 60.7 Å². The summed E-state index contributed by atoms with van der Waals surface area (Å²) in [4.78, 5) is 25.3. The standard InChI is InChI=1S/C36H38O8/c1-4-40-33(37)24-35(3,27-16-20-31(21-17-27)43-29-12-8-6-9-13-29)42-26-36(39,25-34(38)41-5-2)28-18-22-32(23-19-28)44-30-14-10-7-11-15-30/h6-23,39H,4-5,24-26H2,1-3H3. The van der Waals surface area contributed by atoms with Gasteiger partial charge >= 0.3 is 11.9 Å². The van der Waals surface area contributed by atoms with E-state index in [0.29, 0.717) is 34.1 Å². The summed E-state index contributed by atoms with van der Waals surface area (Å²) in [6.07, 6.45) is -0.488. The van der Waals surface area contributed by atoms with Gasteiger partial charge in [0.15, 0.2) is 0 Å². The molecule has 0 fully saturated rings. The summed E-state index contributed by atoms with van der Waals surface area (Å²) in [5.74, 6) is 1.48. The maximum atomic E-state index is 12.7. The molecular formula is C36H38O8. The quantitative estimate of drug-likeness (QED) is 0.142. The molecule has 44 heavy (non-hydrogen) atoms. The molecule has 0 spiro atoms. The highest BCUT2D eigenvalue weighted by Gasteiger charge is 2.39. The van der Waals surface area contributed by atoms with Crippen molar-refractivity contribution in [1.82, 2.24) is 0 Å². The van der Waals surface area contributed by atoms with E-state index in [1.165, 1.54) is 0 Å². The van der Waals surface area contributed by atoms with Crippen molar-refractivity contribution >= 4 is 11.9 Å². The van der Waals surface area contributed by atoms with Crippen molar-refractivity contribution in [2.75, 3.05) is 19.8 Å². The highest BCUT2D eigenvalue weighted by Crippen LogP contribution is 2.36. The summed E-state index contributed by atoms with van der Waals surface area (Å²) in [6, 6.07) is 32.6. The third-order valence-electron chi connectivity index (χ3n) is 6.97. The number of para-hydroxylation sites is 2. The SMILES string of the molecule is CCOC(=O)CC(O)(COC(C)(CC(=O)OCC)c1ccc(Oc2ccccc2)cc1)c1ccc(Oc2ccccc2)cc1. The Hall–Kier alpha value is -4.66. The summed E-state index contributed by atoms with van der Waals surface area (Å²) in [7, 11) is 0. The number of ether oxygens (including phenoxy) is 5. The molecule has 4 aromatic rings. The molecule has 0 amide bonds. The number of esters is 2. The van der Waals surface area contributed by atoms with Crippen molar-refractivity contribution in [3.63, 3.8) is 0 Å². The van der Waals surface area contributed by atoms with Gasteiger partial charge in [-0.05, 0) is 80.4 Å². The van der Waals surface area contributed by atoms with E-state index in [4.69, 9.17) is 23.7 Å². The minimum Gasteiger partial charge on any atom is -0.466 e. The molecule has 0 saturated heterocycles. The van der Waals surface area contributed by atoms with Gasteiger partial charge in [-0.15, -0.1) is 0 Å². The molecule has 0 aliphatic rings. The number of hydrogen-bond acceptors (Lipinski definition) is 8. The second-order valence-electron chi connectivity index (χ2n) is 10.4. The Morgan fingerprint density at radius 1 is 0.591 bits per heavy atom. The van der Waals surface area contributed by atoms with Gasteiger partial charge < -0.3 is 28.8 Å². The van der Waals surface area contributed by atoms with Crippen LogP contribution in [0.3, 0.4) is 0 Å². The predicted octanol–water partition coefficient (Wildman–Crippen LogP) is 7.30. The first kappa shape index (κ1) is 32.3. The fourth-order valence-corrected chi connectivity index (χ4v) is 4.65. The number of carbonyl (C=O) groups excluding carboxylic acids is 2. The molecular weight excluding hydrogens is 560 g/mol.